The highest BCUT2D eigenvalue weighted by atomic mass is 32.2. The van der Waals surface area contributed by atoms with Gasteiger partial charge >= 0.3 is 0 Å². The minimum atomic E-state index is -0.399. The van der Waals surface area contributed by atoms with Crippen molar-refractivity contribution in [1.29, 1.82) is 0 Å². The lowest BCUT2D eigenvalue weighted by molar-refractivity contribution is -0.384. The van der Waals surface area contributed by atoms with Crippen molar-refractivity contribution >= 4 is 23.3 Å². The quantitative estimate of drug-likeness (QED) is 0.203. The number of benzene rings is 3. The number of nitrogens with zero attached hydrogens (tertiary/aromatic N) is 5. The summed E-state index contributed by atoms with van der Waals surface area (Å²) < 4.78 is 1.98. The van der Waals surface area contributed by atoms with E-state index in [9.17, 15) is 10.1 Å². The van der Waals surface area contributed by atoms with Gasteiger partial charge in [-0.05, 0) is 42.2 Å². The van der Waals surface area contributed by atoms with Gasteiger partial charge in [-0.3, -0.25) is 15.1 Å². The van der Waals surface area contributed by atoms with Crippen molar-refractivity contribution in [2.24, 2.45) is 5.10 Å². The molecule has 0 saturated heterocycles. The Hall–Kier alpha value is -4.15. The number of hydrazine groups is 2. The number of non-ortho nitro benzene ring substituents is 1. The Morgan fingerprint density at radius 3 is 2.53 bits per heavy atom. The molecule has 0 unspecified atom stereocenters. The number of thioether (sulfide) groups is 1. The van der Waals surface area contributed by atoms with E-state index in [0.717, 1.165) is 38.7 Å². The average Bonchev–Trinajstić information content (AvgIpc) is 3.51. The van der Waals surface area contributed by atoms with E-state index in [2.05, 4.69) is 60.4 Å². The van der Waals surface area contributed by atoms with Gasteiger partial charge in [-0.1, -0.05) is 54.6 Å². The summed E-state index contributed by atoms with van der Waals surface area (Å²) in [6.07, 6.45) is 1.84. The summed E-state index contributed by atoms with van der Waals surface area (Å²) in [6.45, 7) is 4.62. The van der Waals surface area contributed by atoms with E-state index in [1.807, 2.05) is 34.1 Å². The molecule has 0 radical (unpaired) electrons. The summed E-state index contributed by atoms with van der Waals surface area (Å²) in [5.41, 5.74) is 12.3. The fourth-order valence-electron chi connectivity index (χ4n) is 3.95. The smallest absolute Gasteiger partial charge is 0.266 e. The van der Waals surface area contributed by atoms with E-state index in [1.165, 1.54) is 17.7 Å². The molecule has 10 heteroatoms. The topological polar surface area (TPSA) is 101 Å². The molecule has 0 spiro atoms. The van der Waals surface area contributed by atoms with Gasteiger partial charge in [0.05, 0.1) is 28.9 Å². The van der Waals surface area contributed by atoms with E-state index in [4.69, 9.17) is 5.10 Å². The number of amidine groups is 1. The van der Waals surface area contributed by atoms with Crippen LogP contribution in [0.25, 0.3) is 5.69 Å². The fourth-order valence-corrected chi connectivity index (χ4v) is 5.02. The van der Waals surface area contributed by atoms with E-state index < -0.39 is 4.92 Å². The Bertz CT molecular complexity index is 1420. The Kier molecular flexibility index (Phi) is 6.70. The molecule has 0 aliphatic carbocycles. The average molecular weight is 500 g/mol. The van der Waals surface area contributed by atoms with Crippen molar-refractivity contribution in [1.82, 2.24) is 25.9 Å². The van der Waals surface area contributed by atoms with Crippen LogP contribution in [0, 0.1) is 24.0 Å². The van der Waals surface area contributed by atoms with Crippen molar-refractivity contribution in [3.05, 3.63) is 117 Å². The zero-order valence-corrected chi connectivity index (χ0v) is 20.7. The molecule has 4 aromatic rings. The minimum Gasteiger partial charge on any atom is -0.266 e. The molecule has 0 atom stereocenters. The number of hydrogen-bond acceptors (Lipinski definition) is 8. The standard InChI is InChI=1S/C26H25N7O2S/c1-18-8-9-19(2)24(14-18)32-26(36-17-21-6-4-3-5-7-21)23(15-27-32)25-28-29-30-31(25)16-20-10-12-22(13-11-20)33(34)35/h3-15,29-30H,16-17H2,1-2H3. The molecule has 5 rings (SSSR count). The molecule has 0 saturated carbocycles. The molecular weight excluding hydrogens is 474 g/mol. The van der Waals surface area contributed by atoms with Gasteiger partial charge in [0.2, 0.25) is 0 Å². The molecule has 182 valence electrons. The van der Waals surface area contributed by atoms with Crippen molar-refractivity contribution in [3.63, 3.8) is 0 Å². The van der Waals surface area contributed by atoms with Crippen LogP contribution in [-0.2, 0) is 12.3 Å². The van der Waals surface area contributed by atoms with Gasteiger partial charge in [0.1, 0.15) is 5.03 Å². The first-order chi connectivity index (χ1) is 17.5. The maximum atomic E-state index is 11.0. The van der Waals surface area contributed by atoms with Gasteiger partial charge < -0.3 is 0 Å². The number of nitro benzene ring substituents is 1. The SMILES string of the molecule is Cc1ccc(C)c(-n2ncc(C3=NNNN3Cc3ccc([N+](=O)[O-])cc3)c2SCc2ccccc2)c1. The number of aryl methyl sites for hydroxylation is 2. The molecular formula is C26H25N7O2S. The number of rotatable bonds is 8. The van der Waals surface area contributed by atoms with Crippen molar-refractivity contribution in [2.75, 3.05) is 0 Å². The zero-order valence-electron chi connectivity index (χ0n) is 19.9. The second kappa shape index (κ2) is 10.2. The van der Waals surface area contributed by atoms with E-state index in [0.29, 0.717) is 12.4 Å². The van der Waals surface area contributed by atoms with Crippen LogP contribution in [-0.4, -0.2) is 25.5 Å². The lowest BCUT2D eigenvalue weighted by Gasteiger charge is -2.19. The normalized spacial score (nSPS) is 12.9. The molecule has 1 aliphatic rings. The van der Waals surface area contributed by atoms with Crippen molar-refractivity contribution in [2.45, 2.75) is 31.2 Å². The van der Waals surface area contributed by atoms with E-state index >= 15 is 0 Å². The molecule has 2 N–H and O–H groups in total. The van der Waals surface area contributed by atoms with E-state index in [1.54, 1.807) is 23.9 Å². The van der Waals surface area contributed by atoms with Gasteiger partial charge in [-0.2, -0.15) is 5.10 Å². The molecule has 3 aromatic carbocycles. The summed E-state index contributed by atoms with van der Waals surface area (Å²) in [6, 6.07) is 23.2. The molecule has 1 aliphatic heterocycles. The maximum Gasteiger partial charge on any atom is 0.269 e. The van der Waals surface area contributed by atoms with E-state index in [-0.39, 0.29) is 5.69 Å². The third kappa shape index (κ3) is 4.95. The van der Waals surface area contributed by atoms with Gasteiger partial charge in [0.25, 0.3) is 5.69 Å². The predicted molar refractivity (Wildman–Crippen MR) is 140 cm³/mol. The highest BCUT2D eigenvalue weighted by Crippen LogP contribution is 2.31. The zero-order chi connectivity index (χ0) is 25.1. The summed E-state index contributed by atoms with van der Waals surface area (Å²) in [5.74, 6) is 1.47. The van der Waals surface area contributed by atoms with Crippen LogP contribution < -0.4 is 11.1 Å². The van der Waals surface area contributed by atoms with Crippen LogP contribution in [0.2, 0.25) is 0 Å². The van der Waals surface area contributed by atoms with Crippen LogP contribution >= 0.6 is 11.8 Å². The lowest BCUT2D eigenvalue weighted by atomic mass is 10.1. The third-order valence-corrected chi connectivity index (χ3v) is 7.01. The lowest BCUT2D eigenvalue weighted by Crippen LogP contribution is -2.40. The molecule has 9 nitrogen and oxygen atoms in total. The first-order valence-corrected chi connectivity index (χ1v) is 12.4. The first kappa shape index (κ1) is 23.6. The van der Waals surface area contributed by atoms with Crippen molar-refractivity contribution in [3.8, 4) is 5.69 Å². The number of hydrazone groups is 1. The summed E-state index contributed by atoms with van der Waals surface area (Å²) in [4.78, 5) is 10.6. The second-order valence-electron chi connectivity index (χ2n) is 8.51. The van der Waals surface area contributed by atoms with Crippen LogP contribution in [0.3, 0.4) is 0 Å². The van der Waals surface area contributed by atoms with Crippen LogP contribution in [0.1, 0.15) is 27.8 Å². The Balaban J connectivity index is 1.48. The fraction of sp³-hybridized carbons (Fsp3) is 0.154. The molecule has 36 heavy (non-hydrogen) atoms. The first-order valence-electron chi connectivity index (χ1n) is 11.4. The van der Waals surface area contributed by atoms with Gasteiger partial charge in [-0.15, -0.1) is 22.4 Å². The molecule has 2 heterocycles. The molecule has 1 aromatic heterocycles. The van der Waals surface area contributed by atoms with Gasteiger partial charge in [0.15, 0.2) is 5.84 Å². The monoisotopic (exact) mass is 499 g/mol. The Labute approximate surface area is 212 Å². The third-order valence-electron chi connectivity index (χ3n) is 5.87. The number of aromatic nitrogens is 2. The van der Waals surface area contributed by atoms with Crippen LogP contribution in [0.4, 0.5) is 5.69 Å². The minimum absolute atomic E-state index is 0.0644. The Morgan fingerprint density at radius 1 is 1.00 bits per heavy atom. The van der Waals surface area contributed by atoms with Gasteiger partial charge in [-0.25, -0.2) is 10.2 Å². The number of nitrogens with one attached hydrogen (secondary N) is 2. The maximum absolute atomic E-state index is 11.0. The largest absolute Gasteiger partial charge is 0.269 e. The highest BCUT2D eigenvalue weighted by Gasteiger charge is 2.26. The molecule has 0 bridgehead atoms. The van der Waals surface area contributed by atoms with Gasteiger partial charge in [0, 0.05) is 17.9 Å². The summed E-state index contributed by atoms with van der Waals surface area (Å²) in [7, 11) is 0. The Morgan fingerprint density at radius 2 is 1.78 bits per heavy atom. The number of nitro groups is 1. The number of hydrogen-bond donors (Lipinski definition) is 2. The molecule has 0 amide bonds. The summed E-state index contributed by atoms with van der Waals surface area (Å²) >= 11 is 1.71. The highest BCUT2D eigenvalue weighted by molar-refractivity contribution is 7.98. The second-order valence-corrected chi connectivity index (χ2v) is 9.47. The van der Waals surface area contributed by atoms with Crippen LogP contribution in [0.5, 0.6) is 0 Å². The van der Waals surface area contributed by atoms with Crippen molar-refractivity contribution < 1.29 is 4.92 Å². The summed E-state index contributed by atoms with van der Waals surface area (Å²) in [5, 5.41) is 23.1. The van der Waals surface area contributed by atoms with Crippen LogP contribution in [0.15, 0.2) is 89.1 Å². The predicted octanol–water partition coefficient (Wildman–Crippen LogP) is 4.88. The molecule has 0 fully saturated rings.